The first-order chi connectivity index (χ1) is 34.2. The first-order valence-electron chi connectivity index (χ1n) is 28.4. The molecule has 1 amide bonds. The van der Waals surface area contributed by atoms with Crippen molar-refractivity contribution in [2.24, 2.45) is 0 Å². The van der Waals surface area contributed by atoms with Crippen LogP contribution in [0.3, 0.4) is 0 Å². The zero-order chi connectivity index (χ0) is 51.1. The summed E-state index contributed by atoms with van der Waals surface area (Å²) >= 11 is 0. The molecule has 0 aliphatic carbocycles. The van der Waals surface area contributed by atoms with Crippen molar-refractivity contribution < 1.29 is 42.4 Å². The Morgan fingerprint density at radius 2 is 0.814 bits per heavy atom. The Morgan fingerprint density at radius 1 is 0.443 bits per heavy atom. The van der Waals surface area contributed by atoms with E-state index in [1.54, 1.807) is 0 Å². The number of allylic oxidation sites excluding steroid dienone is 12. The zero-order valence-electron chi connectivity index (χ0n) is 45.0. The minimum atomic E-state index is -4.56. The van der Waals surface area contributed by atoms with Gasteiger partial charge < -0.3 is 19.7 Å². The van der Waals surface area contributed by atoms with Crippen LogP contribution in [0.5, 0.6) is 0 Å². The van der Waals surface area contributed by atoms with Gasteiger partial charge in [-0.25, -0.2) is 4.57 Å². The van der Waals surface area contributed by atoms with Crippen molar-refractivity contribution in [2.75, 3.05) is 26.4 Å². The van der Waals surface area contributed by atoms with Crippen LogP contribution >= 0.6 is 7.82 Å². The van der Waals surface area contributed by atoms with Crippen molar-refractivity contribution in [3.05, 3.63) is 72.9 Å². The van der Waals surface area contributed by atoms with Crippen LogP contribution in [-0.2, 0) is 37.5 Å². The number of unbranched alkanes of at least 4 members (excludes halogenated alkanes) is 24. The lowest BCUT2D eigenvalue weighted by Gasteiger charge is -2.20. The average Bonchev–Trinajstić information content (AvgIpc) is 3.34. The largest absolute Gasteiger partial charge is 0.472 e. The van der Waals surface area contributed by atoms with Gasteiger partial charge in [-0.1, -0.05) is 216 Å². The second-order valence-electron chi connectivity index (χ2n) is 18.7. The molecule has 2 atom stereocenters. The molecule has 10 nitrogen and oxygen atoms in total. The minimum absolute atomic E-state index is 0.0276. The topological polar surface area (TPSA) is 137 Å². The molecule has 0 saturated heterocycles. The quantitative estimate of drug-likeness (QED) is 0.0264. The van der Waals surface area contributed by atoms with E-state index < -0.39 is 32.5 Å². The Balaban J connectivity index is 4.58. The van der Waals surface area contributed by atoms with E-state index in [0.717, 1.165) is 89.9 Å². The van der Waals surface area contributed by atoms with E-state index in [1.165, 1.54) is 103 Å². The molecule has 0 saturated carbocycles. The van der Waals surface area contributed by atoms with Gasteiger partial charge in [-0.05, 0) is 89.9 Å². The average molecular weight is 1000 g/mol. The van der Waals surface area contributed by atoms with Crippen LogP contribution in [0.2, 0.25) is 0 Å². The predicted molar refractivity (Wildman–Crippen MR) is 294 cm³/mol. The highest BCUT2D eigenvalue weighted by Crippen LogP contribution is 2.43. The smallest absolute Gasteiger partial charge is 0.462 e. The number of phosphoric acid groups is 1. The van der Waals surface area contributed by atoms with Crippen molar-refractivity contribution in [3.8, 4) is 0 Å². The third kappa shape index (κ3) is 52.8. The molecule has 0 aliphatic rings. The lowest BCUT2D eigenvalue weighted by molar-refractivity contribution is -0.161. The van der Waals surface area contributed by atoms with Crippen LogP contribution in [0.1, 0.15) is 252 Å². The predicted octanol–water partition coefficient (Wildman–Crippen LogP) is 17.1. The maximum absolute atomic E-state index is 12.8. The van der Waals surface area contributed by atoms with E-state index in [4.69, 9.17) is 18.5 Å². The van der Waals surface area contributed by atoms with E-state index in [0.29, 0.717) is 25.7 Å². The standard InChI is InChI=1S/C59H104NO9P/c1-4-7-10-13-16-19-22-25-27-28-30-32-34-37-40-43-46-49-57(61)60-52-53-67-70(64,65)68-55-56(54-66-58(62)50-47-44-41-38-35-31-24-21-18-15-12-9-6-3)69-59(63)51-48-45-42-39-36-33-29-26-23-20-17-14-11-8-5-2/h16-17,19-20,25-27,29-30,32,37,40,56H,4-15,18,21-24,28,31,33-36,38-39,41-55H2,1-3H3,(H,60,61)(H,64,65)/b19-16-,20-17-,27-25-,29-26-,32-30-,40-37-. The molecule has 404 valence electrons. The fourth-order valence-corrected chi connectivity index (χ4v) is 8.33. The summed E-state index contributed by atoms with van der Waals surface area (Å²) < 4.78 is 34.1. The molecule has 0 heterocycles. The molecule has 0 fully saturated rings. The summed E-state index contributed by atoms with van der Waals surface area (Å²) in [5.41, 5.74) is 0. The van der Waals surface area contributed by atoms with E-state index in [1.807, 2.05) is 0 Å². The molecule has 2 unspecified atom stereocenters. The van der Waals surface area contributed by atoms with Gasteiger partial charge >= 0.3 is 19.8 Å². The van der Waals surface area contributed by atoms with Gasteiger partial charge in [0.2, 0.25) is 5.91 Å². The number of carbonyl (C=O) groups excluding carboxylic acids is 3. The van der Waals surface area contributed by atoms with Gasteiger partial charge in [0.1, 0.15) is 6.61 Å². The number of hydrogen-bond donors (Lipinski definition) is 2. The Labute approximate surface area is 429 Å². The van der Waals surface area contributed by atoms with Crippen LogP contribution in [0, 0.1) is 0 Å². The Morgan fingerprint density at radius 3 is 1.29 bits per heavy atom. The summed E-state index contributed by atoms with van der Waals surface area (Å²) in [5, 5.41) is 2.70. The zero-order valence-corrected chi connectivity index (χ0v) is 45.8. The lowest BCUT2D eigenvalue weighted by atomic mass is 10.0. The van der Waals surface area contributed by atoms with E-state index >= 15 is 0 Å². The van der Waals surface area contributed by atoms with Gasteiger partial charge in [0, 0.05) is 25.8 Å². The molecular weight excluding hydrogens is 898 g/mol. The van der Waals surface area contributed by atoms with E-state index in [9.17, 15) is 23.8 Å². The molecule has 70 heavy (non-hydrogen) atoms. The normalized spacial score (nSPS) is 13.5. The first-order valence-corrected chi connectivity index (χ1v) is 29.9. The van der Waals surface area contributed by atoms with Crippen molar-refractivity contribution in [1.82, 2.24) is 5.32 Å². The SMILES string of the molecule is CCCCC/C=C\C/C=C\C/C=C\C/C=C\CCCC(=O)NCCOP(=O)(O)OCC(COC(=O)CCCCCCCCCCCCCCC)OC(=O)CCCCCCC/C=C\C/C=C\CCCCC. The molecule has 11 heteroatoms. The van der Waals surface area contributed by atoms with Crippen molar-refractivity contribution >= 4 is 25.7 Å². The van der Waals surface area contributed by atoms with Gasteiger partial charge in [0.05, 0.1) is 13.2 Å². The third-order valence-electron chi connectivity index (χ3n) is 11.9. The molecular formula is C59H104NO9P. The second kappa shape index (κ2) is 53.8. The lowest BCUT2D eigenvalue weighted by Crippen LogP contribution is -2.30. The Hall–Kier alpha value is -3.04. The highest BCUT2D eigenvalue weighted by Gasteiger charge is 2.26. The molecule has 2 N–H and O–H groups in total. The Bertz CT molecular complexity index is 1440. The monoisotopic (exact) mass is 1000 g/mol. The minimum Gasteiger partial charge on any atom is -0.462 e. The van der Waals surface area contributed by atoms with Crippen molar-refractivity contribution in [1.29, 1.82) is 0 Å². The number of hydrogen-bond acceptors (Lipinski definition) is 8. The highest BCUT2D eigenvalue weighted by atomic mass is 31.2. The summed E-state index contributed by atoms with van der Waals surface area (Å²) in [6, 6.07) is 0. The number of nitrogens with one attached hydrogen (secondary N) is 1. The fraction of sp³-hybridized carbons (Fsp3) is 0.746. The van der Waals surface area contributed by atoms with Crippen molar-refractivity contribution in [3.63, 3.8) is 0 Å². The summed E-state index contributed by atoms with van der Waals surface area (Å²) in [6.45, 7) is 5.69. The summed E-state index contributed by atoms with van der Waals surface area (Å²) in [7, 11) is -4.56. The number of carbonyl (C=O) groups is 3. The molecule has 0 aliphatic heterocycles. The number of amides is 1. The molecule has 0 rings (SSSR count). The molecule has 0 aromatic rings. The summed E-state index contributed by atoms with van der Waals surface area (Å²) in [6.07, 6.45) is 62.7. The first kappa shape index (κ1) is 67.0. The molecule has 0 bridgehead atoms. The van der Waals surface area contributed by atoms with Crippen LogP contribution < -0.4 is 5.32 Å². The molecule has 0 spiro atoms. The van der Waals surface area contributed by atoms with Gasteiger partial charge in [-0.3, -0.25) is 23.4 Å². The number of esters is 2. The fourth-order valence-electron chi connectivity index (χ4n) is 7.58. The van der Waals surface area contributed by atoms with Crippen LogP contribution in [0.15, 0.2) is 72.9 Å². The summed E-state index contributed by atoms with van der Waals surface area (Å²) in [4.78, 5) is 48.1. The number of phosphoric ester groups is 1. The van der Waals surface area contributed by atoms with Crippen molar-refractivity contribution in [2.45, 2.75) is 258 Å². The highest BCUT2D eigenvalue weighted by molar-refractivity contribution is 7.47. The van der Waals surface area contributed by atoms with Gasteiger partial charge in [-0.15, -0.1) is 0 Å². The van der Waals surface area contributed by atoms with E-state index in [-0.39, 0.29) is 38.5 Å². The van der Waals surface area contributed by atoms with Crippen LogP contribution in [0.4, 0.5) is 0 Å². The van der Waals surface area contributed by atoms with E-state index in [2.05, 4.69) is 99.0 Å². The molecule has 0 aromatic heterocycles. The third-order valence-corrected chi connectivity index (χ3v) is 12.9. The summed E-state index contributed by atoms with van der Waals surface area (Å²) in [5.74, 6) is -1.06. The second-order valence-corrected chi connectivity index (χ2v) is 20.1. The Kier molecular flexibility index (Phi) is 51.4. The number of ether oxygens (including phenoxy) is 2. The molecule has 0 aromatic carbocycles. The van der Waals surface area contributed by atoms with Crippen LogP contribution in [0.25, 0.3) is 0 Å². The number of rotatable bonds is 52. The van der Waals surface area contributed by atoms with Gasteiger partial charge in [0.15, 0.2) is 6.10 Å². The van der Waals surface area contributed by atoms with Gasteiger partial charge in [-0.2, -0.15) is 0 Å². The maximum atomic E-state index is 12.8. The maximum Gasteiger partial charge on any atom is 0.472 e. The van der Waals surface area contributed by atoms with Crippen LogP contribution in [-0.4, -0.2) is 55.2 Å². The van der Waals surface area contributed by atoms with Gasteiger partial charge in [0.25, 0.3) is 0 Å². The molecule has 0 radical (unpaired) electrons.